The van der Waals surface area contributed by atoms with Crippen molar-refractivity contribution < 1.29 is 13.2 Å². The molecule has 3 rings (SSSR count). The van der Waals surface area contributed by atoms with Crippen molar-refractivity contribution in [1.82, 2.24) is 4.72 Å². The number of hydrogen-bond donors (Lipinski definition) is 1. The van der Waals surface area contributed by atoms with Gasteiger partial charge >= 0.3 is 0 Å². The first-order valence-electron chi connectivity index (χ1n) is 9.08. The van der Waals surface area contributed by atoms with Crippen LogP contribution in [0.15, 0.2) is 53.4 Å². The van der Waals surface area contributed by atoms with Gasteiger partial charge in [0.2, 0.25) is 10.0 Å². The van der Waals surface area contributed by atoms with Gasteiger partial charge in [0.1, 0.15) is 6.29 Å². The second kappa shape index (κ2) is 8.14. The number of carbonyl (C=O) groups excluding carboxylic acids is 1. The zero-order valence-electron chi connectivity index (χ0n) is 15.0. The fourth-order valence-corrected chi connectivity index (χ4v) is 4.97. The fraction of sp³-hybridized carbons (Fsp3) is 0.381. The Bertz CT molecular complexity index is 842. The molecule has 1 fully saturated rings. The molecule has 0 spiro atoms. The molecule has 5 heteroatoms. The number of aldehydes is 1. The predicted molar refractivity (Wildman–Crippen MR) is 103 cm³/mol. The highest BCUT2D eigenvalue weighted by Gasteiger charge is 2.31. The van der Waals surface area contributed by atoms with Crippen molar-refractivity contribution in [2.24, 2.45) is 5.92 Å². The number of carbonyl (C=O) groups is 1. The summed E-state index contributed by atoms with van der Waals surface area (Å²) in [7, 11) is -3.49. The van der Waals surface area contributed by atoms with Crippen molar-refractivity contribution in [2.75, 3.05) is 0 Å². The second-order valence-corrected chi connectivity index (χ2v) is 8.84. The number of sulfonamides is 1. The third-order valence-electron chi connectivity index (χ3n) is 5.14. The third-order valence-corrected chi connectivity index (χ3v) is 6.64. The van der Waals surface area contributed by atoms with Gasteiger partial charge in [-0.05, 0) is 55.4 Å². The number of hydrogen-bond acceptors (Lipinski definition) is 3. The highest BCUT2D eigenvalue weighted by atomic mass is 32.2. The molecule has 0 saturated heterocycles. The molecule has 2 unspecified atom stereocenters. The zero-order chi connectivity index (χ0) is 18.6. The summed E-state index contributed by atoms with van der Waals surface area (Å²) in [5, 5.41) is 0. The summed E-state index contributed by atoms with van der Waals surface area (Å²) < 4.78 is 28.3. The number of rotatable bonds is 7. The van der Waals surface area contributed by atoms with Crippen LogP contribution in [0.1, 0.15) is 36.0 Å². The Hall–Kier alpha value is -1.98. The van der Waals surface area contributed by atoms with Crippen LogP contribution < -0.4 is 4.72 Å². The van der Waals surface area contributed by atoms with Gasteiger partial charge in [0.15, 0.2) is 0 Å². The molecular formula is C21H25NO3S. The first kappa shape index (κ1) is 18.8. The summed E-state index contributed by atoms with van der Waals surface area (Å²) >= 11 is 0. The van der Waals surface area contributed by atoms with E-state index in [0.29, 0.717) is 17.2 Å². The maximum atomic E-state index is 12.7. The van der Waals surface area contributed by atoms with Gasteiger partial charge in [0.05, 0.1) is 4.90 Å². The summed E-state index contributed by atoms with van der Waals surface area (Å²) in [6.07, 6.45) is 5.12. The second-order valence-electron chi connectivity index (χ2n) is 7.12. The SMILES string of the molecule is Cc1ccc(S(=O)(=O)NC2CCCC2Cc2ccc(CC=O)cc2)cc1. The Morgan fingerprint density at radius 1 is 1.00 bits per heavy atom. The van der Waals surface area contributed by atoms with E-state index in [1.807, 2.05) is 43.3 Å². The van der Waals surface area contributed by atoms with Gasteiger partial charge < -0.3 is 4.79 Å². The molecule has 0 heterocycles. The quantitative estimate of drug-likeness (QED) is 0.759. The third kappa shape index (κ3) is 4.59. The summed E-state index contributed by atoms with van der Waals surface area (Å²) in [6, 6.07) is 15.0. The Morgan fingerprint density at radius 2 is 1.65 bits per heavy atom. The normalized spacial score (nSPS) is 20.2. The molecule has 0 radical (unpaired) electrons. The van der Waals surface area contributed by atoms with Crippen LogP contribution in [-0.4, -0.2) is 20.7 Å². The lowest BCUT2D eigenvalue weighted by atomic mass is 9.94. The maximum absolute atomic E-state index is 12.7. The molecular weight excluding hydrogens is 346 g/mol. The standard InChI is InChI=1S/C21H25NO3S/c1-16-5-11-20(12-6-16)26(24,25)22-21-4-2-3-19(21)15-18-9-7-17(8-10-18)13-14-23/h5-12,14,19,21-22H,2-4,13,15H2,1H3. The topological polar surface area (TPSA) is 63.2 Å². The minimum absolute atomic E-state index is 0.0315. The van der Waals surface area contributed by atoms with Crippen molar-refractivity contribution in [3.63, 3.8) is 0 Å². The highest BCUT2D eigenvalue weighted by Crippen LogP contribution is 2.30. The van der Waals surface area contributed by atoms with Crippen molar-refractivity contribution in [2.45, 2.75) is 50.0 Å². The largest absolute Gasteiger partial charge is 0.303 e. The summed E-state index contributed by atoms with van der Waals surface area (Å²) in [5.41, 5.74) is 3.23. The molecule has 2 aromatic rings. The van der Waals surface area contributed by atoms with E-state index in [2.05, 4.69) is 4.72 Å². The van der Waals surface area contributed by atoms with E-state index in [-0.39, 0.29) is 6.04 Å². The Kier molecular flexibility index (Phi) is 5.89. The van der Waals surface area contributed by atoms with Crippen LogP contribution in [-0.2, 0) is 27.7 Å². The molecule has 0 aliphatic heterocycles. The minimum Gasteiger partial charge on any atom is -0.303 e. The Morgan fingerprint density at radius 3 is 2.31 bits per heavy atom. The minimum atomic E-state index is -3.49. The molecule has 2 atom stereocenters. The van der Waals surface area contributed by atoms with Gasteiger partial charge in [-0.25, -0.2) is 13.1 Å². The van der Waals surface area contributed by atoms with Gasteiger partial charge in [-0.15, -0.1) is 0 Å². The average molecular weight is 372 g/mol. The van der Waals surface area contributed by atoms with Gasteiger partial charge in [-0.1, -0.05) is 48.4 Å². The van der Waals surface area contributed by atoms with E-state index in [1.165, 1.54) is 5.56 Å². The Labute approximate surface area is 155 Å². The molecule has 0 amide bonds. The molecule has 26 heavy (non-hydrogen) atoms. The van der Waals surface area contributed by atoms with E-state index >= 15 is 0 Å². The lowest BCUT2D eigenvalue weighted by molar-refractivity contribution is -0.107. The van der Waals surface area contributed by atoms with Gasteiger partial charge in [-0.2, -0.15) is 0 Å². The highest BCUT2D eigenvalue weighted by molar-refractivity contribution is 7.89. The van der Waals surface area contributed by atoms with Crippen molar-refractivity contribution in [3.8, 4) is 0 Å². The maximum Gasteiger partial charge on any atom is 0.240 e. The van der Waals surface area contributed by atoms with Gasteiger partial charge in [0.25, 0.3) is 0 Å². The fourth-order valence-electron chi connectivity index (χ4n) is 3.63. The molecule has 0 aromatic heterocycles. The first-order valence-corrected chi connectivity index (χ1v) is 10.6. The lowest BCUT2D eigenvalue weighted by Crippen LogP contribution is -2.38. The molecule has 0 bridgehead atoms. The number of nitrogens with one attached hydrogen (secondary N) is 1. The van der Waals surface area contributed by atoms with E-state index in [1.54, 1.807) is 12.1 Å². The van der Waals surface area contributed by atoms with Crippen molar-refractivity contribution in [1.29, 1.82) is 0 Å². The van der Waals surface area contributed by atoms with E-state index in [0.717, 1.165) is 43.1 Å². The number of benzene rings is 2. The molecule has 1 saturated carbocycles. The lowest BCUT2D eigenvalue weighted by Gasteiger charge is -2.21. The van der Waals surface area contributed by atoms with Crippen molar-refractivity contribution in [3.05, 3.63) is 65.2 Å². The first-order chi connectivity index (χ1) is 12.5. The van der Waals surface area contributed by atoms with Crippen LogP contribution in [0.5, 0.6) is 0 Å². The van der Waals surface area contributed by atoms with Crippen LogP contribution in [0.4, 0.5) is 0 Å². The molecule has 2 aromatic carbocycles. The van der Waals surface area contributed by atoms with Gasteiger partial charge in [-0.3, -0.25) is 0 Å². The smallest absolute Gasteiger partial charge is 0.240 e. The number of aryl methyl sites for hydroxylation is 1. The molecule has 4 nitrogen and oxygen atoms in total. The van der Waals surface area contributed by atoms with Crippen LogP contribution in [0.25, 0.3) is 0 Å². The Balaban J connectivity index is 1.67. The summed E-state index contributed by atoms with van der Waals surface area (Å²) in [4.78, 5) is 10.9. The van der Waals surface area contributed by atoms with E-state index in [4.69, 9.17) is 0 Å². The van der Waals surface area contributed by atoms with Crippen molar-refractivity contribution >= 4 is 16.3 Å². The monoisotopic (exact) mass is 371 g/mol. The van der Waals surface area contributed by atoms with Crippen LogP contribution >= 0.6 is 0 Å². The van der Waals surface area contributed by atoms with E-state index < -0.39 is 10.0 Å². The predicted octanol–water partition coefficient (Wildman–Crippen LogP) is 3.43. The van der Waals surface area contributed by atoms with E-state index in [9.17, 15) is 13.2 Å². The zero-order valence-corrected chi connectivity index (χ0v) is 15.8. The van der Waals surface area contributed by atoms with Crippen LogP contribution in [0.2, 0.25) is 0 Å². The molecule has 138 valence electrons. The average Bonchev–Trinajstić information content (AvgIpc) is 3.03. The summed E-state index contributed by atoms with van der Waals surface area (Å²) in [6.45, 7) is 1.94. The molecule has 1 aliphatic rings. The summed E-state index contributed by atoms with van der Waals surface area (Å²) in [5.74, 6) is 0.298. The molecule has 1 aliphatic carbocycles. The molecule has 1 N–H and O–H groups in total. The van der Waals surface area contributed by atoms with Gasteiger partial charge in [0, 0.05) is 12.5 Å². The van der Waals surface area contributed by atoms with Crippen LogP contribution in [0.3, 0.4) is 0 Å². The van der Waals surface area contributed by atoms with Crippen LogP contribution in [0, 0.1) is 12.8 Å².